The molecule has 0 saturated carbocycles. The number of anilines is 1. The number of nitrogens with zero attached hydrogens (tertiary/aromatic N) is 6. The zero-order valence-electron chi connectivity index (χ0n) is 14.5. The molecule has 0 bridgehead atoms. The molecule has 1 fully saturated rings. The van der Waals surface area contributed by atoms with E-state index < -0.39 is 0 Å². The highest BCUT2D eigenvalue weighted by Gasteiger charge is 2.20. The third kappa shape index (κ3) is 5.70. The number of hydrogen-bond donors (Lipinski definition) is 1. The summed E-state index contributed by atoms with van der Waals surface area (Å²) in [6, 6.07) is 0.353. The van der Waals surface area contributed by atoms with E-state index in [9.17, 15) is 0 Å². The number of nitriles is 1. The Morgan fingerprint density at radius 3 is 2.67 bits per heavy atom. The maximum Gasteiger partial charge on any atom is 0.324 e. The molecule has 24 heavy (non-hydrogen) atoms. The summed E-state index contributed by atoms with van der Waals surface area (Å²) >= 11 is 0. The van der Waals surface area contributed by atoms with Crippen LogP contribution in [0.2, 0.25) is 0 Å². The normalized spacial score (nSPS) is 17.1. The van der Waals surface area contributed by atoms with Gasteiger partial charge in [-0.3, -0.25) is 0 Å². The molecule has 9 heteroatoms. The second kappa shape index (κ2) is 8.49. The first-order valence-electron chi connectivity index (χ1n) is 8.10. The van der Waals surface area contributed by atoms with E-state index >= 15 is 0 Å². The summed E-state index contributed by atoms with van der Waals surface area (Å²) in [6.45, 7) is 4.45. The fourth-order valence-electron chi connectivity index (χ4n) is 2.37. The fraction of sp³-hybridized carbons (Fsp3) is 0.733. The van der Waals surface area contributed by atoms with Crippen LogP contribution in [0.4, 0.5) is 5.95 Å². The smallest absolute Gasteiger partial charge is 0.324 e. The topological polar surface area (TPSA) is 113 Å². The molecule has 0 aliphatic carbocycles. The number of ether oxygens (including phenoxy) is 2. The van der Waals surface area contributed by atoms with Gasteiger partial charge in [0.2, 0.25) is 5.95 Å². The Balaban J connectivity index is 1.91. The van der Waals surface area contributed by atoms with Crippen molar-refractivity contribution in [2.45, 2.75) is 38.4 Å². The largest absolute Gasteiger partial charge is 0.460 e. The Morgan fingerprint density at radius 1 is 1.33 bits per heavy atom. The summed E-state index contributed by atoms with van der Waals surface area (Å²) in [4.78, 5) is 16.0. The van der Waals surface area contributed by atoms with E-state index in [1.807, 2.05) is 13.1 Å². The molecule has 2 heterocycles. The van der Waals surface area contributed by atoms with Crippen LogP contribution in [0.1, 0.15) is 26.2 Å². The molecule has 0 aromatic carbocycles. The number of piperidine rings is 1. The van der Waals surface area contributed by atoms with Crippen molar-refractivity contribution in [2.75, 3.05) is 39.5 Å². The molecule has 2 N–H and O–H groups in total. The van der Waals surface area contributed by atoms with E-state index in [2.05, 4.69) is 26.9 Å². The average molecular weight is 335 g/mol. The molecule has 0 spiro atoms. The first-order valence-corrected chi connectivity index (χ1v) is 8.10. The van der Waals surface area contributed by atoms with E-state index in [0.717, 1.165) is 25.9 Å². The number of hydrogen-bond acceptors (Lipinski definition) is 9. The summed E-state index contributed by atoms with van der Waals surface area (Å²) in [5.74, 6) is 0.0734. The molecule has 1 aliphatic heterocycles. The molecular weight excluding hydrogens is 310 g/mol. The van der Waals surface area contributed by atoms with Gasteiger partial charge in [-0.25, -0.2) is 0 Å². The average Bonchev–Trinajstić information content (AvgIpc) is 2.54. The molecule has 1 aromatic heterocycles. The van der Waals surface area contributed by atoms with Crippen molar-refractivity contribution >= 4 is 5.95 Å². The number of aromatic nitrogens is 3. The Hall–Kier alpha value is -2.34. The van der Waals surface area contributed by atoms with Crippen LogP contribution >= 0.6 is 0 Å². The molecule has 2 rings (SSSR count). The monoisotopic (exact) mass is 335 g/mol. The molecule has 1 aromatic rings. The predicted octanol–water partition coefficient (Wildman–Crippen LogP) is 0.497. The summed E-state index contributed by atoms with van der Waals surface area (Å²) < 4.78 is 11.5. The van der Waals surface area contributed by atoms with Crippen LogP contribution in [-0.2, 0) is 0 Å². The van der Waals surface area contributed by atoms with Crippen LogP contribution in [0.25, 0.3) is 0 Å². The molecule has 132 valence electrons. The van der Waals surface area contributed by atoms with Crippen LogP contribution < -0.4 is 15.2 Å². The quantitative estimate of drug-likeness (QED) is 0.562. The third-order valence-corrected chi connectivity index (χ3v) is 3.90. The minimum atomic E-state index is -0.154. The SMILES string of the molecule is CC(CCN(C)C#N)Oc1nc(N)nc(OC2CCN(C)CC2)n1. The second-order valence-corrected chi connectivity index (χ2v) is 6.12. The molecule has 1 saturated heterocycles. The Labute approximate surface area is 142 Å². The zero-order chi connectivity index (χ0) is 17.5. The lowest BCUT2D eigenvalue weighted by Crippen LogP contribution is -2.36. The molecule has 0 radical (unpaired) electrons. The van der Waals surface area contributed by atoms with Gasteiger partial charge in [0.15, 0.2) is 6.19 Å². The summed E-state index contributed by atoms with van der Waals surface area (Å²) in [5.41, 5.74) is 5.72. The highest BCUT2D eigenvalue weighted by molar-refractivity contribution is 5.20. The van der Waals surface area contributed by atoms with Crippen molar-refractivity contribution < 1.29 is 9.47 Å². The highest BCUT2D eigenvalue weighted by Crippen LogP contribution is 2.18. The van der Waals surface area contributed by atoms with Gasteiger partial charge in [0.1, 0.15) is 12.2 Å². The van der Waals surface area contributed by atoms with Gasteiger partial charge < -0.3 is 25.0 Å². The van der Waals surface area contributed by atoms with Gasteiger partial charge in [-0.05, 0) is 26.8 Å². The minimum absolute atomic E-state index is 0.0734. The molecule has 0 amide bonds. The van der Waals surface area contributed by atoms with Crippen LogP contribution in [0.5, 0.6) is 12.0 Å². The van der Waals surface area contributed by atoms with Crippen LogP contribution in [0.3, 0.4) is 0 Å². The van der Waals surface area contributed by atoms with Crippen LogP contribution in [0, 0.1) is 11.5 Å². The Kier molecular flexibility index (Phi) is 6.37. The molecular formula is C15H25N7O2. The standard InChI is InChI=1S/C15H25N7O2/c1-11(4-7-22(3)10-16)23-14-18-13(17)19-15(20-14)24-12-5-8-21(2)9-6-12/h11-12H,4-9H2,1-3H3,(H2,17,18,19,20). The summed E-state index contributed by atoms with van der Waals surface area (Å²) in [6.07, 6.45) is 4.49. The van der Waals surface area contributed by atoms with E-state index in [0.29, 0.717) is 13.0 Å². The predicted molar refractivity (Wildman–Crippen MR) is 88.3 cm³/mol. The zero-order valence-corrected chi connectivity index (χ0v) is 14.5. The number of nitrogens with two attached hydrogens (primary N) is 1. The molecule has 9 nitrogen and oxygen atoms in total. The lowest BCUT2D eigenvalue weighted by Gasteiger charge is -2.28. The van der Waals surface area contributed by atoms with Crippen molar-refractivity contribution in [3.05, 3.63) is 0 Å². The Morgan fingerprint density at radius 2 is 2.00 bits per heavy atom. The van der Waals surface area contributed by atoms with E-state index in [-0.39, 0.29) is 30.2 Å². The van der Waals surface area contributed by atoms with E-state index in [1.54, 1.807) is 7.05 Å². The van der Waals surface area contributed by atoms with Crippen molar-refractivity contribution in [3.63, 3.8) is 0 Å². The van der Waals surface area contributed by atoms with Crippen LogP contribution in [-0.4, -0.2) is 70.7 Å². The second-order valence-electron chi connectivity index (χ2n) is 6.12. The van der Waals surface area contributed by atoms with Gasteiger partial charge in [0.05, 0.1) is 0 Å². The van der Waals surface area contributed by atoms with Gasteiger partial charge >= 0.3 is 12.0 Å². The highest BCUT2D eigenvalue weighted by atomic mass is 16.5. The van der Waals surface area contributed by atoms with Crippen molar-refractivity contribution in [2.24, 2.45) is 0 Å². The van der Waals surface area contributed by atoms with Crippen LogP contribution in [0.15, 0.2) is 0 Å². The number of nitrogen functional groups attached to an aromatic ring is 1. The summed E-state index contributed by atoms with van der Waals surface area (Å²) in [5, 5.41) is 8.75. The lowest BCUT2D eigenvalue weighted by molar-refractivity contribution is 0.102. The van der Waals surface area contributed by atoms with Gasteiger partial charge in [0.25, 0.3) is 0 Å². The molecule has 1 atom stereocenters. The lowest BCUT2D eigenvalue weighted by atomic mass is 10.1. The number of rotatable bonds is 7. The maximum absolute atomic E-state index is 8.75. The molecule has 1 aliphatic rings. The third-order valence-electron chi connectivity index (χ3n) is 3.90. The molecule has 1 unspecified atom stereocenters. The van der Waals surface area contributed by atoms with Gasteiger partial charge in [-0.2, -0.15) is 15.2 Å². The maximum atomic E-state index is 8.75. The fourth-order valence-corrected chi connectivity index (χ4v) is 2.37. The first-order chi connectivity index (χ1) is 11.5. The van der Waals surface area contributed by atoms with Gasteiger partial charge in [0, 0.05) is 33.1 Å². The Bertz CT molecular complexity index is 569. The van der Waals surface area contributed by atoms with Crippen molar-refractivity contribution in [1.29, 1.82) is 5.26 Å². The minimum Gasteiger partial charge on any atom is -0.460 e. The van der Waals surface area contributed by atoms with E-state index in [1.165, 1.54) is 4.90 Å². The van der Waals surface area contributed by atoms with Gasteiger partial charge in [-0.1, -0.05) is 0 Å². The first kappa shape index (κ1) is 18.0. The van der Waals surface area contributed by atoms with Crippen molar-refractivity contribution in [1.82, 2.24) is 24.8 Å². The summed E-state index contributed by atoms with van der Waals surface area (Å²) in [7, 11) is 3.81. The van der Waals surface area contributed by atoms with Gasteiger partial charge in [-0.15, -0.1) is 4.98 Å². The van der Waals surface area contributed by atoms with E-state index in [4.69, 9.17) is 20.5 Å². The van der Waals surface area contributed by atoms with Crippen molar-refractivity contribution in [3.8, 4) is 18.2 Å². The number of likely N-dealkylation sites (tertiary alicyclic amines) is 1.